The van der Waals surface area contributed by atoms with E-state index in [1.807, 2.05) is 36.4 Å². The molecule has 3 aromatic carbocycles. The molecule has 286 valence electrons. The first-order valence-corrected chi connectivity index (χ1v) is 22.4. The van der Waals surface area contributed by atoms with Crippen molar-refractivity contribution in [3.05, 3.63) is 95.8 Å². The SMILES string of the molecule is CCCCCC(CC)Cc1ccc(-c2ccc(-c3c4nccnc4c(-c4ccc(-c5ccc(CC(CC)CCCCC)cc5F)s4)c4nsnc34)s2)c(F)c1. The molecule has 0 N–H and O–H groups in total. The van der Waals surface area contributed by atoms with Gasteiger partial charge in [0.1, 0.15) is 33.7 Å². The van der Waals surface area contributed by atoms with Crippen molar-refractivity contribution < 1.29 is 8.78 Å². The minimum Gasteiger partial charge on any atom is -0.252 e. The van der Waals surface area contributed by atoms with Crippen LogP contribution in [0.3, 0.4) is 0 Å². The molecule has 0 bridgehead atoms. The van der Waals surface area contributed by atoms with Crippen LogP contribution in [0.4, 0.5) is 8.78 Å². The molecule has 0 fully saturated rings. The van der Waals surface area contributed by atoms with Crippen molar-refractivity contribution in [2.45, 2.75) is 105 Å². The third-order valence-electron chi connectivity index (χ3n) is 11.1. The highest BCUT2D eigenvalue weighted by Crippen LogP contribution is 2.47. The Morgan fingerprint density at radius 3 is 1.36 bits per heavy atom. The van der Waals surface area contributed by atoms with Gasteiger partial charge in [-0.15, -0.1) is 22.7 Å². The largest absolute Gasteiger partial charge is 0.252 e. The summed E-state index contributed by atoms with van der Waals surface area (Å²) in [4.78, 5) is 13.2. The highest BCUT2D eigenvalue weighted by Gasteiger charge is 2.24. The molecular weight excluding hydrogens is 743 g/mol. The van der Waals surface area contributed by atoms with Gasteiger partial charge in [-0.2, -0.15) is 8.75 Å². The van der Waals surface area contributed by atoms with E-state index >= 15 is 8.78 Å². The molecule has 0 saturated carbocycles. The number of thiophene rings is 2. The van der Waals surface area contributed by atoms with E-state index in [2.05, 4.69) is 39.8 Å². The molecule has 7 rings (SSSR count). The smallest absolute Gasteiger partial charge is 0.132 e. The number of unbranched alkanes of at least 4 members (excludes halogenated alkanes) is 4. The monoisotopic (exact) mass is 792 g/mol. The Balaban J connectivity index is 1.18. The van der Waals surface area contributed by atoms with Crippen LogP contribution >= 0.6 is 34.4 Å². The highest BCUT2D eigenvalue weighted by molar-refractivity contribution is 7.19. The van der Waals surface area contributed by atoms with Gasteiger partial charge < -0.3 is 0 Å². The van der Waals surface area contributed by atoms with Gasteiger partial charge in [0.15, 0.2) is 0 Å². The molecule has 0 radical (unpaired) electrons. The zero-order valence-corrected chi connectivity index (χ0v) is 34.8. The molecule has 0 aliphatic heterocycles. The summed E-state index contributed by atoms with van der Waals surface area (Å²) in [6.07, 6.45) is 17.2. The molecule has 2 atom stereocenters. The lowest BCUT2D eigenvalue weighted by molar-refractivity contribution is 0.442. The van der Waals surface area contributed by atoms with Gasteiger partial charge in [0.2, 0.25) is 0 Å². The minimum absolute atomic E-state index is 0.193. The van der Waals surface area contributed by atoms with Crippen LogP contribution in [0.25, 0.3) is 63.8 Å². The lowest BCUT2D eigenvalue weighted by Crippen LogP contribution is -2.04. The Kier molecular flexibility index (Phi) is 13.1. The molecule has 55 heavy (non-hydrogen) atoms. The molecule has 2 unspecified atom stereocenters. The van der Waals surface area contributed by atoms with Gasteiger partial charge in [-0.3, -0.25) is 9.97 Å². The lowest BCUT2D eigenvalue weighted by atomic mass is 9.91. The van der Waals surface area contributed by atoms with Gasteiger partial charge in [0, 0.05) is 54.2 Å². The van der Waals surface area contributed by atoms with Crippen molar-refractivity contribution in [2.24, 2.45) is 11.8 Å². The normalized spacial score (nSPS) is 12.9. The van der Waals surface area contributed by atoms with Crippen LogP contribution < -0.4 is 0 Å². The fraction of sp³-hybridized carbons (Fsp3) is 0.391. The van der Waals surface area contributed by atoms with E-state index < -0.39 is 0 Å². The van der Waals surface area contributed by atoms with E-state index in [-0.39, 0.29) is 11.6 Å². The number of hydrogen-bond donors (Lipinski definition) is 0. The molecule has 0 amide bonds. The van der Waals surface area contributed by atoms with Crippen molar-refractivity contribution in [1.29, 1.82) is 0 Å². The molecule has 9 heteroatoms. The molecule has 4 heterocycles. The van der Waals surface area contributed by atoms with Gasteiger partial charge >= 0.3 is 0 Å². The lowest BCUT2D eigenvalue weighted by Gasteiger charge is -2.15. The van der Waals surface area contributed by atoms with E-state index in [0.29, 0.717) is 34.0 Å². The fourth-order valence-electron chi connectivity index (χ4n) is 7.85. The first-order chi connectivity index (χ1) is 26.9. The first-order valence-electron chi connectivity index (χ1n) is 20.1. The molecule has 0 aliphatic rings. The standard InChI is InChI=1S/C46H50F2N4S3/c1-5-9-11-13-29(7-3)25-31-15-17-33(35(47)27-31)37-19-21-39(53-37)41-43-44(50-24-23-49-43)42(46-45(41)51-55-52-46)40-22-20-38(54-40)34-18-16-32(28-36(34)48)26-30(8-4)14-12-10-6-2/h15-24,27-30H,5-14,25-26H2,1-4H3. The van der Waals surface area contributed by atoms with Crippen molar-refractivity contribution in [2.75, 3.05) is 0 Å². The van der Waals surface area contributed by atoms with Crippen LogP contribution in [0.2, 0.25) is 0 Å². The number of rotatable bonds is 18. The third-order valence-corrected chi connectivity index (χ3v) is 13.9. The average molecular weight is 793 g/mol. The Morgan fingerprint density at radius 2 is 0.964 bits per heavy atom. The summed E-state index contributed by atoms with van der Waals surface area (Å²) in [5, 5.41) is 0. The molecule has 0 aliphatic carbocycles. The summed E-state index contributed by atoms with van der Waals surface area (Å²) in [5.74, 6) is 0.769. The quantitative estimate of drug-likeness (QED) is 0.0812. The summed E-state index contributed by atoms with van der Waals surface area (Å²) in [6, 6.07) is 19.5. The maximum Gasteiger partial charge on any atom is 0.132 e. The number of halogens is 2. The van der Waals surface area contributed by atoms with Crippen LogP contribution in [-0.2, 0) is 12.8 Å². The van der Waals surface area contributed by atoms with Crippen molar-refractivity contribution in [3.8, 4) is 41.8 Å². The summed E-state index contributed by atoms with van der Waals surface area (Å²) in [5.41, 5.74) is 7.91. The number of nitrogens with zero attached hydrogens (tertiary/aromatic N) is 4. The molecular formula is C46H50F2N4S3. The molecule has 0 spiro atoms. The molecule has 7 aromatic rings. The first kappa shape index (κ1) is 39.3. The summed E-state index contributed by atoms with van der Waals surface area (Å²) >= 11 is 4.21. The van der Waals surface area contributed by atoms with Crippen LogP contribution in [-0.4, -0.2) is 18.7 Å². The number of hydrogen-bond acceptors (Lipinski definition) is 7. The van der Waals surface area contributed by atoms with Crippen molar-refractivity contribution in [1.82, 2.24) is 18.7 Å². The van der Waals surface area contributed by atoms with Gasteiger partial charge in [-0.25, -0.2) is 8.78 Å². The Bertz CT molecular complexity index is 2200. The van der Waals surface area contributed by atoms with Crippen molar-refractivity contribution >= 4 is 56.5 Å². The van der Waals surface area contributed by atoms with Gasteiger partial charge in [-0.1, -0.05) is 116 Å². The summed E-state index contributed by atoms with van der Waals surface area (Å²) < 4.78 is 41.0. The average Bonchev–Trinajstić information content (AvgIpc) is 3.99. The highest BCUT2D eigenvalue weighted by atomic mass is 32.1. The molecule has 4 nitrogen and oxygen atoms in total. The Labute approximate surface area is 336 Å². The van der Waals surface area contributed by atoms with E-state index in [0.717, 1.165) is 90.2 Å². The van der Waals surface area contributed by atoms with E-state index in [1.165, 1.54) is 74.0 Å². The minimum atomic E-state index is -0.193. The van der Waals surface area contributed by atoms with E-state index in [1.54, 1.807) is 24.5 Å². The number of aromatic nitrogens is 4. The second-order valence-electron chi connectivity index (χ2n) is 14.9. The zero-order valence-electron chi connectivity index (χ0n) is 32.3. The van der Waals surface area contributed by atoms with Gasteiger partial charge in [-0.05, 0) is 72.2 Å². The Hall–Kier alpha value is -3.92. The predicted octanol–water partition coefficient (Wildman–Crippen LogP) is 15.0. The van der Waals surface area contributed by atoms with Crippen LogP contribution in [0.15, 0.2) is 73.1 Å². The Morgan fingerprint density at radius 1 is 0.527 bits per heavy atom. The van der Waals surface area contributed by atoms with Crippen molar-refractivity contribution in [3.63, 3.8) is 0 Å². The summed E-state index contributed by atoms with van der Waals surface area (Å²) in [7, 11) is 0. The maximum atomic E-state index is 15.7. The number of benzene rings is 3. The second kappa shape index (κ2) is 18.4. The van der Waals surface area contributed by atoms with Crippen LogP contribution in [0.5, 0.6) is 0 Å². The predicted molar refractivity (Wildman–Crippen MR) is 231 cm³/mol. The number of fused-ring (bicyclic) bond motifs is 2. The van der Waals surface area contributed by atoms with Crippen LogP contribution in [0, 0.1) is 23.5 Å². The van der Waals surface area contributed by atoms with Crippen LogP contribution in [0.1, 0.15) is 103 Å². The maximum absolute atomic E-state index is 15.7. The van der Waals surface area contributed by atoms with Gasteiger partial charge in [0.05, 0.1) is 11.7 Å². The van der Waals surface area contributed by atoms with E-state index in [9.17, 15) is 0 Å². The second-order valence-corrected chi connectivity index (χ2v) is 17.6. The summed E-state index contributed by atoms with van der Waals surface area (Å²) in [6.45, 7) is 8.93. The fourth-order valence-corrected chi connectivity index (χ4v) is 10.6. The molecule has 0 saturated heterocycles. The third kappa shape index (κ3) is 8.74. The van der Waals surface area contributed by atoms with Gasteiger partial charge in [0.25, 0.3) is 0 Å². The molecule has 4 aromatic heterocycles. The topological polar surface area (TPSA) is 51.6 Å². The van der Waals surface area contributed by atoms with E-state index in [4.69, 9.17) is 18.7 Å². The zero-order chi connectivity index (χ0) is 38.3.